The highest BCUT2D eigenvalue weighted by atomic mass is 15.1. The van der Waals surface area contributed by atoms with E-state index in [9.17, 15) is 0 Å². The Bertz CT molecular complexity index is 3500. The smallest absolute Gasteiger partial charge is 0.0541 e. The second-order valence-corrected chi connectivity index (χ2v) is 15.7. The normalized spacial score (nSPS) is 11.7. The van der Waals surface area contributed by atoms with Crippen molar-refractivity contribution in [1.29, 1.82) is 0 Å². The summed E-state index contributed by atoms with van der Waals surface area (Å²) in [5, 5.41) is 12.7. The van der Waals surface area contributed by atoms with Gasteiger partial charge in [0.2, 0.25) is 0 Å². The zero-order chi connectivity index (χ0) is 39.6. The van der Waals surface area contributed by atoms with Gasteiger partial charge in [-0.1, -0.05) is 170 Å². The molecule has 60 heavy (non-hydrogen) atoms. The third-order valence-corrected chi connectivity index (χ3v) is 12.4. The number of para-hydroxylation sites is 2. The van der Waals surface area contributed by atoms with Crippen molar-refractivity contribution in [3.05, 3.63) is 231 Å². The molecule has 0 aliphatic rings. The average molecular weight is 763 g/mol. The van der Waals surface area contributed by atoms with E-state index in [0.717, 1.165) is 22.7 Å². The van der Waals surface area contributed by atoms with Crippen molar-refractivity contribution in [3.8, 4) is 27.9 Å². The van der Waals surface area contributed by atoms with E-state index in [4.69, 9.17) is 0 Å². The fraction of sp³-hybridized carbons (Fsp3) is 0. The van der Waals surface area contributed by atoms with E-state index in [-0.39, 0.29) is 0 Å². The van der Waals surface area contributed by atoms with Crippen LogP contribution in [-0.2, 0) is 0 Å². The molecule has 12 aromatic rings. The first-order chi connectivity index (χ1) is 29.8. The molecule has 0 saturated carbocycles. The van der Waals surface area contributed by atoms with Gasteiger partial charge in [0.05, 0.1) is 11.0 Å². The molecule has 0 spiro atoms. The molecule has 2 heteroatoms. The number of nitrogens with zero attached hydrogens (tertiary/aromatic N) is 2. The van der Waals surface area contributed by atoms with Crippen molar-refractivity contribution < 1.29 is 0 Å². The lowest BCUT2D eigenvalue weighted by Crippen LogP contribution is -2.10. The van der Waals surface area contributed by atoms with Crippen molar-refractivity contribution in [1.82, 2.24) is 4.57 Å². The largest absolute Gasteiger partial charge is 0.310 e. The third kappa shape index (κ3) is 5.50. The molecule has 1 heterocycles. The summed E-state index contributed by atoms with van der Waals surface area (Å²) in [6, 6.07) is 84.2. The first kappa shape index (κ1) is 34.1. The second-order valence-electron chi connectivity index (χ2n) is 15.7. The summed E-state index contributed by atoms with van der Waals surface area (Å²) < 4.78 is 2.39. The van der Waals surface area contributed by atoms with Crippen LogP contribution in [0.3, 0.4) is 0 Å². The van der Waals surface area contributed by atoms with Crippen LogP contribution in [0, 0.1) is 0 Å². The van der Waals surface area contributed by atoms with Gasteiger partial charge in [0.1, 0.15) is 0 Å². The summed E-state index contributed by atoms with van der Waals surface area (Å²) in [5.41, 5.74) is 11.6. The summed E-state index contributed by atoms with van der Waals surface area (Å²) in [7, 11) is 0. The summed E-state index contributed by atoms with van der Waals surface area (Å²) in [6.07, 6.45) is 0. The highest BCUT2D eigenvalue weighted by Gasteiger charge is 2.18. The van der Waals surface area contributed by atoms with Crippen LogP contribution in [0.15, 0.2) is 231 Å². The monoisotopic (exact) mass is 762 g/mol. The second kappa shape index (κ2) is 13.9. The molecule has 12 rings (SSSR count). The van der Waals surface area contributed by atoms with Crippen LogP contribution in [0.1, 0.15) is 0 Å². The Morgan fingerprint density at radius 3 is 1.37 bits per heavy atom. The highest BCUT2D eigenvalue weighted by molar-refractivity contribution is 6.25. The lowest BCUT2D eigenvalue weighted by molar-refractivity contribution is 1.17. The van der Waals surface area contributed by atoms with Crippen LogP contribution in [0.5, 0.6) is 0 Å². The zero-order valence-electron chi connectivity index (χ0n) is 32.8. The minimum Gasteiger partial charge on any atom is -0.310 e. The maximum Gasteiger partial charge on any atom is 0.0541 e. The van der Waals surface area contributed by atoms with E-state index in [0.29, 0.717) is 0 Å². The van der Waals surface area contributed by atoms with E-state index < -0.39 is 0 Å². The lowest BCUT2D eigenvalue weighted by atomic mass is 9.92. The van der Waals surface area contributed by atoms with E-state index in [1.807, 2.05) is 0 Å². The average Bonchev–Trinajstić information content (AvgIpc) is 3.66. The predicted octanol–water partition coefficient (Wildman–Crippen LogP) is 16.2. The molecule has 0 aliphatic heterocycles. The van der Waals surface area contributed by atoms with E-state index in [1.54, 1.807) is 0 Å². The quantitative estimate of drug-likeness (QED) is 0.153. The molecule has 0 saturated heterocycles. The molecular weight excluding hydrogens is 725 g/mol. The Balaban J connectivity index is 0.993. The fourth-order valence-electron chi connectivity index (χ4n) is 9.58. The molecule has 0 atom stereocenters. The first-order valence-corrected chi connectivity index (χ1v) is 20.7. The van der Waals surface area contributed by atoms with Gasteiger partial charge in [-0.2, -0.15) is 0 Å². The molecule has 0 fully saturated rings. The molecule has 0 aliphatic carbocycles. The van der Waals surface area contributed by atoms with Gasteiger partial charge in [-0.15, -0.1) is 0 Å². The topological polar surface area (TPSA) is 8.17 Å². The van der Waals surface area contributed by atoms with Gasteiger partial charge in [-0.25, -0.2) is 0 Å². The van der Waals surface area contributed by atoms with Crippen molar-refractivity contribution in [2.75, 3.05) is 4.90 Å². The van der Waals surface area contributed by atoms with Crippen molar-refractivity contribution in [2.24, 2.45) is 0 Å². The molecule has 280 valence electrons. The van der Waals surface area contributed by atoms with E-state index >= 15 is 0 Å². The molecule has 11 aromatic carbocycles. The predicted molar refractivity (Wildman–Crippen MR) is 256 cm³/mol. The van der Waals surface area contributed by atoms with Crippen LogP contribution < -0.4 is 4.90 Å². The Labute approximate surface area is 348 Å². The Hall–Kier alpha value is -7.94. The van der Waals surface area contributed by atoms with Gasteiger partial charge in [0.25, 0.3) is 0 Å². The number of fused-ring (bicyclic) bond motifs is 10. The molecule has 0 amide bonds. The number of anilines is 3. The fourth-order valence-corrected chi connectivity index (χ4v) is 9.58. The molecule has 0 radical (unpaired) electrons. The van der Waals surface area contributed by atoms with Crippen LogP contribution in [0.2, 0.25) is 0 Å². The van der Waals surface area contributed by atoms with Crippen LogP contribution in [-0.4, -0.2) is 4.57 Å². The van der Waals surface area contributed by atoms with Crippen molar-refractivity contribution in [3.63, 3.8) is 0 Å². The zero-order valence-corrected chi connectivity index (χ0v) is 32.8. The summed E-state index contributed by atoms with van der Waals surface area (Å²) in [5.74, 6) is 0. The number of hydrogen-bond acceptors (Lipinski definition) is 1. The lowest BCUT2D eigenvalue weighted by Gasteiger charge is -2.27. The van der Waals surface area contributed by atoms with Crippen molar-refractivity contribution in [2.45, 2.75) is 0 Å². The third-order valence-electron chi connectivity index (χ3n) is 12.4. The van der Waals surface area contributed by atoms with Crippen LogP contribution in [0.4, 0.5) is 17.1 Å². The maximum atomic E-state index is 2.39. The van der Waals surface area contributed by atoms with Crippen LogP contribution in [0.25, 0.3) is 92.8 Å². The molecule has 0 unspecified atom stereocenters. The minimum absolute atomic E-state index is 1.09. The number of benzene rings is 11. The molecule has 0 N–H and O–H groups in total. The summed E-state index contributed by atoms with van der Waals surface area (Å²) in [6.45, 7) is 0. The van der Waals surface area contributed by atoms with Gasteiger partial charge in [0.15, 0.2) is 0 Å². The standard InChI is InChI=1S/C58H38N2/c1-2-17-47-40(13-1)14-11-24-48(47)41-29-34-44(35-30-41)59(45-15-12-16-46(38-45)60-57-25-9-7-22-54(57)55-23-8-10-26-58(55)60)43-32-27-39(28-33-43)42-31-36-53-51-20-4-3-18-49(51)50-19-5-6-21-52(50)56(53)37-42/h1-38H. The van der Waals surface area contributed by atoms with Gasteiger partial charge in [-0.3, -0.25) is 0 Å². The van der Waals surface area contributed by atoms with E-state index in [1.165, 1.54) is 87.1 Å². The SMILES string of the molecule is c1cc(N(c2ccc(-c3ccc4c5ccccc5c5ccccc5c4c3)cc2)c2ccc(-c3cccc4ccccc34)cc2)cc(-n2c3ccccc3c3ccccc32)c1. The van der Waals surface area contributed by atoms with Crippen molar-refractivity contribution >= 4 is 82.0 Å². The van der Waals surface area contributed by atoms with Gasteiger partial charge in [0, 0.05) is 33.5 Å². The van der Waals surface area contributed by atoms with E-state index in [2.05, 4.69) is 240 Å². The van der Waals surface area contributed by atoms with Gasteiger partial charge in [-0.05, 0) is 126 Å². The Kier molecular flexibility index (Phi) is 7.89. The maximum absolute atomic E-state index is 2.39. The van der Waals surface area contributed by atoms with Gasteiger partial charge < -0.3 is 9.47 Å². The number of rotatable bonds is 6. The molecule has 2 nitrogen and oxygen atoms in total. The number of hydrogen-bond donors (Lipinski definition) is 0. The molecular formula is C58H38N2. The molecule has 0 bridgehead atoms. The van der Waals surface area contributed by atoms with Gasteiger partial charge >= 0.3 is 0 Å². The first-order valence-electron chi connectivity index (χ1n) is 20.7. The summed E-state index contributed by atoms with van der Waals surface area (Å²) >= 11 is 0. The van der Waals surface area contributed by atoms with Crippen LogP contribution >= 0.6 is 0 Å². The number of aromatic nitrogens is 1. The minimum atomic E-state index is 1.09. The summed E-state index contributed by atoms with van der Waals surface area (Å²) in [4.78, 5) is 2.38. The highest BCUT2D eigenvalue weighted by Crippen LogP contribution is 2.41. The Morgan fingerprint density at radius 2 is 0.733 bits per heavy atom. The Morgan fingerprint density at radius 1 is 0.267 bits per heavy atom. The molecule has 1 aromatic heterocycles.